The van der Waals surface area contributed by atoms with Gasteiger partial charge in [-0.25, -0.2) is 14.4 Å². The highest BCUT2D eigenvalue weighted by atomic mass is 19.1. The Hall–Kier alpha value is -1.80. The first-order chi connectivity index (χ1) is 13.6. The lowest BCUT2D eigenvalue weighted by Crippen LogP contribution is -2.48. The van der Waals surface area contributed by atoms with Crippen molar-refractivity contribution in [3.05, 3.63) is 17.8 Å². The van der Waals surface area contributed by atoms with E-state index in [0.717, 1.165) is 38.8 Å². The number of hydrogen-bond acceptors (Lipinski definition) is 6. The molecule has 1 saturated carbocycles. The molecule has 2 aliphatic rings. The van der Waals surface area contributed by atoms with Crippen LogP contribution in [0.1, 0.15) is 44.7 Å². The van der Waals surface area contributed by atoms with E-state index in [-0.39, 0.29) is 35.9 Å². The lowest BCUT2D eigenvalue weighted by atomic mass is 9.82. The number of hydrogen-bond donors (Lipinski definition) is 1. The van der Waals surface area contributed by atoms with Gasteiger partial charge in [-0.3, -0.25) is 4.79 Å². The average molecular weight is 394 g/mol. The van der Waals surface area contributed by atoms with Gasteiger partial charge in [-0.15, -0.1) is 0 Å². The van der Waals surface area contributed by atoms with E-state index < -0.39 is 5.82 Å². The van der Waals surface area contributed by atoms with E-state index in [0.29, 0.717) is 18.5 Å². The molecule has 1 aliphatic carbocycles. The largest absolute Gasteiger partial charge is 0.381 e. The summed E-state index contributed by atoms with van der Waals surface area (Å²) in [6.45, 7) is 3.33. The highest BCUT2D eigenvalue weighted by Gasteiger charge is 2.37. The Kier molecular flexibility index (Phi) is 7.18. The van der Waals surface area contributed by atoms with Gasteiger partial charge in [0.15, 0.2) is 11.6 Å². The SMILES string of the molecule is CCc1ncnc(N[C@@H]2C[C@@H](C(=O)N3CCC(OC)CC3)CC[C@H]2OC)c1F. The molecule has 0 spiro atoms. The van der Waals surface area contributed by atoms with E-state index in [9.17, 15) is 9.18 Å². The molecular formula is C20H31FN4O3. The van der Waals surface area contributed by atoms with Crippen LogP contribution in [-0.4, -0.2) is 66.3 Å². The molecule has 2 heterocycles. The van der Waals surface area contributed by atoms with Crippen LogP contribution < -0.4 is 5.32 Å². The average Bonchev–Trinajstić information content (AvgIpc) is 2.74. The van der Waals surface area contributed by atoms with Crippen LogP contribution in [0.4, 0.5) is 10.2 Å². The summed E-state index contributed by atoms with van der Waals surface area (Å²) in [4.78, 5) is 23.0. The molecule has 1 aromatic rings. The number of halogens is 1. The minimum absolute atomic E-state index is 0.0808. The summed E-state index contributed by atoms with van der Waals surface area (Å²) < 4.78 is 25.6. The number of amides is 1. The van der Waals surface area contributed by atoms with Gasteiger partial charge < -0.3 is 19.7 Å². The van der Waals surface area contributed by atoms with Crippen molar-refractivity contribution in [2.45, 2.75) is 63.7 Å². The van der Waals surface area contributed by atoms with Crippen LogP contribution in [-0.2, 0) is 20.7 Å². The molecule has 2 fully saturated rings. The highest BCUT2D eigenvalue weighted by Crippen LogP contribution is 2.31. The van der Waals surface area contributed by atoms with Gasteiger partial charge in [-0.05, 0) is 38.5 Å². The molecule has 0 radical (unpaired) electrons. The first-order valence-corrected chi connectivity index (χ1v) is 10.2. The molecule has 0 unspecified atom stereocenters. The number of nitrogens with zero attached hydrogens (tertiary/aromatic N) is 3. The predicted molar refractivity (Wildman–Crippen MR) is 104 cm³/mol. The zero-order chi connectivity index (χ0) is 20.1. The Morgan fingerprint density at radius 3 is 2.61 bits per heavy atom. The number of anilines is 1. The Bertz CT molecular complexity index is 667. The zero-order valence-electron chi connectivity index (χ0n) is 17.0. The minimum atomic E-state index is -0.421. The maximum absolute atomic E-state index is 14.6. The molecule has 1 aliphatic heterocycles. The number of carbonyl (C=O) groups excluding carboxylic acids is 1. The number of rotatable bonds is 6. The van der Waals surface area contributed by atoms with Crippen molar-refractivity contribution in [1.82, 2.24) is 14.9 Å². The van der Waals surface area contributed by atoms with Crippen molar-refractivity contribution >= 4 is 11.7 Å². The molecule has 1 saturated heterocycles. The fourth-order valence-corrected chi connectivity index (χ4v) is 4.30. The lowest BCUT2D eigenvalue weighted by molar-refractivity contribution is -0.140. The molecule has 3 atom stereocenters. The summed E-state index contributed by atoms with van der Waals surface area (Å²) in [5.74, 6) is -0.130. The third-order valence-corrected chi connectivity index (χ3v) is 6.04. The second-order valence-electron chi connectivity index (χ2n) is 7.63. The fourth-order valence-electron chi connectivity index (χ4n) is 4.30. The van der Waals surface area contributed by atoms with Crippen molar-refractivity contribution in [2.75, 3.05) is 32.6 Å². The maximum Gasteiger partial charge on any atom is 0.225 e. The number of likely N-dealkylation sites (tertiary alicyclic amines) is 1. The summed E-state index contributed by atoms with van der Waals surface area (Å²) in [5, 5.41) is 3.19. The molecule has 1 N–H and O–H groups in total. The topological polar surface area (TPSA) is 76.6 Å². The monoisotopic (exact) mass is 394 g/mol. The molecule has 0 bridgehead atoms. The Morgan fingerprint density at radius 1 is 1.21 bits per heavy atom. The quantitative estimate of drug-likeness (QED) is 0.799. The molecule has 0 aromatic carbocycles. The van der Waals surface area contributed by atoms with Gasteiger partial charge in [0.25, 0.3) is 0 Å². The van der Waals surface area contributed by atoms with Gasteiger partial charge in [0.1, 0.15) is 6.33 Å². The summed E-state index contributed by atoms with van der Waals surface area (Å²) >= 11 is 0. The Labute approximate surface area is 166 Å². The van der Waals surface area contributed by atoms with E-state index in [2.05, 4.69) is 15.3 Å². The summed E-state index contributed by atoms with van der Waals surface area (Å²) in [7, 11) is 3.38. The number of carbonyl (C=O) groups is 1. The fraction of sp³-hybridized carbons (Fsp3) is 0.750. The Morgan fingerprint density at radius 2 is 1.96 bits per heavy atom. The molecule has 1 amide bonds. The first-order valence-electron chi connectivity index (χ1n) is 10.2. The van der Waals surface area contributed by atoms with E-state index in [1.165, 1.54) is 6.33 Å². The molecular weight excluding hydrogens is 363 g/mol. The minimum Gasteiger partial charge on any atom is -0.381 e. The number of nitrogens with one attached hydrogen (secondary N) is 1. The van der Waals surface area contributed by atoms with Crippen LogP contribution in [0.3, 0.4) is 0 Å². The van der Waals surface area contributed by atoms with Crippen LogP contribution in [0.15, 0.2) is 6.33 Å². The first kappa shape index (κ1) is 20.9. The van der Waals surface area contributed by atoms with Crippen molar-refractivity contribution < 1.29 is 18.7 Å². The van der Waals surface area contributed by atoms with Crippen molar-refractivity contribution in [2.24, 2.45) is 5.92 Å². The van der Waals surface area contributed by atoms with E-state index >= 15 is 0 Å². The summed E-state index contributed by atoms with van der Waals surface area (Å²) in [5.41, 5.74) is 0.385. The van der Waals surface area contributed by atoms with Gasteiger partial charge in [-0.1, -0.05) is 6.92 Å². The zero-order valence-corrected chi connectivity index (χ0v) is 17.0. The standard InChI is InChI=1S/C20H31FN4O3/c1-4-15-18(21)19(23-12-22-15)24-16-11-13(5-6-17(16)28-3)20(26)25-9-7-14(27-2)8-10-25/h12-14,16-17H,4-11H2,1-3H3,(H,22,23,24)/t13-,16+,17+/m0/s1. The number of piperidine rings is 1. The maximum atomic E-state index is 14.6. The lowest BCUT2D eigenvalue weighted by Gasteiger charge is -2.39. The molecule has 28 heavy (non-hydrogen) atoms. The Balaban J connectivity index is 1.66. The third-order valence-electron chi connectivity index (χ3n) is 6.04. The van der Waals surface area contributed by atoms with Gasteiger partial charge in [-0.2, -0.15) is 0 Å². The van der Waals surface area contributed by atoms with Crippen LogP contribution >= 0.6 is 0 Å². The van der Waals surface area contributed by atoms with E-state index in [1.807, 2.05) is 11.8 Å². The summed E-state index contributed by atoms with van der Waals surface area (Å²) in [6, 6.07) is -0.168. The van der Waals surface area contributed by atoms with Crippen molar-refractivity contribution in [3.8, 4) is 0 Å². The number of aromatic nitrogens is 2. The summed E-state index contributed by atoms with van der Waals surface area (Å²) in [6.07, 6.45) is 5.94. The molecule has 7 nitrogen and oxygen atoms in total. The van der Waals surface area contributed by atoms with Crippen LogP contribution in [0.2, 0.25) is 0 Å². The molecule has 3 rings (SSSR count). The number of aryl methyl sites for hydroxylation is 1. The third kappa shape index (κ3) is 4.60. The molecule has 1 aromatic heterocycles. The predicted octanol–water partition coefficient (Wildman–Crippen LogP) is 2.41. The smallest absolute Gasteiger partial charge is 0.225 e. The van der Waals surface area contributed by atoms with E-state index in [4.69, 9.17) is 9.47 Å². The van der Waals surface area contributed by atoms with E-state index in [1.54, 1.807) is 14.2 Å². The van der Waals surface area contributed by atoms with Crippen LogP contribution in [0, 0.1) is 11.7 Å². The second kappa shape index (κ2) is 9.60. The van der Waals surface area contributed by atoms with Crippen molar-refractivity contribution in [3.63, 3.8) is 0 Å². The van der Waals surface area contributed by atoms with Gasteiger partial charge in [0, 0.05) is 33.2 Å². The van der Waals surface area contributed by atoms with Crippen molar-refractivity contribution in [1.29, 1.82) is 0 Å². The second-order valence-corrected chi connectivity index (χ2v) is 7.63. The highest BCUT2D eigenvalue weighted by molar-refractivity contribution is 5.79. The van der Waals surface area contributed by atoms with Crippen LogP contribution in [0.5, 0.6) is 0 Å². The number of ether oxygens (including phenoxy) is 2. The molecule has 8 heteroatoms. The normalized spacial score (nSPS) is 26.3. The van der Waals surface area contributed by atoms with Gasteiger partial charge in [0.2, 0.25) is 5.91 Å². The van der Waals surface area contributed by atoms with Crippen LogP contribution in [0.25, 0.3) is 0 Å². The van der Waals surface area contributed by atoms with Gasteiger partial charge >= 0.3 is 0 Å². The molecule has 156 valence electrons. The van der Waals surface area contributed by atoms with Gasteiger partial charge in [0.05, 0.1) is 23.9 Å². The number of methoxy groups -OCH3 is 2.